The fourth-order valence-electron chi connectivity index (χ4n) is 8.60. The van der Waals surface area contributed by atoms with E-state index in [9.17, 15) is 61.3 Å². The Morgan fingerprint density at radius 2 is 1.47 bits per heavy atom. The minimum Gasteiger partial charge on any atom is -0.346 e. The molecule has 30 heteroatoms. The van der Waals surface area contributed by atoms with Crippen molar-refractivity contribution in [3.05, 3.63) is 105 Å². The molecule has 0 unspecified atom stereocenters. The summed E-state index contributed by atoms with van der Waals surface area (Å²) in [4.78, 5) is 18.9. The Bertz CT molecular complexity index is 3600. The monoisotopic (exact) mass is 1200 g/mol. The number of hydrogen-bond acceptors (Lipinski definition) is 12. The number of carbonyl (C=O) groups excluding carboxylic acids is 1. The van der Waals surface area contributed by atoms with Gasteiger partial charge in [0.15, 0.2) is 21.3 Å². The molecule has 16 nitrogen and oxygen atoms in total. The van der Waals surface area contributed by atoms with Crippen LogP contribution in [0.25, 0.3) is 22.0 Å². The third kappa shape index (κ3) is 13.5. The van der Waals surface area contributed by atoms with Crippen LogP contribution in [0.1, 0.15) is 101 Å². The first-order valence-electron chi connectivity index (χ1n) is 23.5. The molecule has 1 N–H and O–H groups in total. The molecule has 2 aliphatic carbocycles. The standard InChI is InChI=1S/C49H51ClF10N7O9PS2/c1-44(2,3)75-77(69,76-45(4,5)6)74-25-67(79(10,72)73)43-38-34(50)16-14-31(40(38)66(64-43)24-47(53,54)55)30-12-11-29(17-18-46(7,8)78(9,70)71)61-39(30)35(21-26-19-27(51)22-28(52)20-26)62-36(68)23-65-42-37(41(63-65)49(58,59)60)32-13-15-33(32)48(42,56)57/h11-16,19-20,22,32-33,35H,21,23-25H2,1-10H3,(H,62,68)/t32-,33+,35-/m0/s1. The van der Waals surface area contributed by atoms with Crippen molar-refractivity contribution in [2.45, 2.75) is 121 Å². The van der Waals surface area contributed by atoms with Crippen molar-refractivity contribution < 1.29 is 83.7 Å². The highest BCUT2D eigenvalue weighted by Crippen LogP contribution is 2.61. The first-order chi connectivity index (χ1) is 35.9. The molecule has 3 atom stereocenters. The van der Waals surface area contributed by atoms with E-state index < -0.39 is 168 Å². The van der Waals surface area contributed by atoms with Crippen molar-refractivity contribution >= 4 is 61.9 Å². The number of pyridine rings is 1. The highest BCUT2D eigenvalue weighted by Gasteiger charge is 2.61. The summed E-state index contributed by atoms with van der Waals surface area (Å²) < 4.78 is 232. The zero-order valence-corrected chi connectivity index (χ0v) is 46.8. The Morgan fingerprint density at radius 3 is 1.99 bits per heavy atom. The van der Waals surface area contributed by atoms with Crippen LogP contribution in [0, 0.1) is 29.4 Å². The molecule has 0 saturated heterocycles. The molecule has 2 aliphatic rings. The van der Waals surface area contributed by atoms with Crippen LogP contribution in [0.15, 0.2) is 54.6 Å². The van der Waals surface area contributed by atoms with Gasteiger partial charge in [0.05, 0.1) is 51.0 Å². The number of phosphoric acid groups is 1. The van der Waals surface area contributed by atoms with Crippen LogP contribution >= 0.6 is 19.4 Å². The van der Waals surface area contributed by atoms with E-state index in [0.717, 1.165) is 48.7 Å². The summed E-state index contributed by atoms with van der Waals surface area (Å²) in [5.74, 6) is -6.41. The Morgan fingerprint density at radius 1 is 0.873 bits per heavy atom. The lowest BCUT2D eigenvalue weighted by atomic mass is 9.81. The van der Waals surface area contributed by atoms with Crippen LogP contribution in [0.5, 0.6) is 0 Å². The van der Waals surface area contributed by atoms with Crippen LogP contribution in [0.3, 0.4) is 0 Å². The lowest BCUT2D eigenvalue weighted by molar-refractivity contribution is -0.143. The molecule has 0 aliphatic heterocycles. The smallest absolute Gasteiger partial charge is 0.346 e. The summed E-state index contributed by atoms with van der Waals surface area (Å²) >= 11 is 6.76. The highest BCUT2D eigenvalue weighted by atomic mass is 35.5. The topological polar surface area (TPSA) is 194 Å². The molecular weight excluding hydrogens is 1150 g/mol. The number of benzene rings is 2. The molecule has 3 aromatic heterocycles. The molecule has 2 aromatic carbocycles. The number of sulfonamides is 1. The number of nitrogens with one attached hydrogen (secondary N) is 1. The number of amides is 1. The van der Waals surface area contributed by atoms with Gasteiger partial charge in [-0.25, -0.2) is 39.5 Å². The van der Waals surface area contributed by atoms with Crippen molar-refractivity contribution in [3.8, 4) is 23.0 Å². The summed E-state index contributed by atoms with van der Waals surface area (Å²) in [6.45, 7) is 6.74. The molecular formula is C49H51ClF10N7O9PS2. The van der Waals surface area contributed by atoms with Crippen LogP contribution in [-0.4, -0.2) is 88.7 Å². The number of sulfone groups is 1. The zero-order valence-electron chi connectivity index (χ0n) is 43.5. The van der Waals surface area contributed by atoms with E-state index in [-0.39, 0.29) is 27.1 Å². The van der Waals surface area contributed by atoms with E-state index >= 15 is 8.78 Å². The maximum Gasteiger partial charge on any atom is 0.477 e. The molecule has 1 amide bonds. The number of halogens is 11. The molecule has 7 rings (SSSR count). The van der Waals surface area contributed by atoms with Gasteiger partial charge in [-0.1, -0.05) is 35.7 Å². The summed E-state index contributed by atoms with van der Waals surface area (Å²) in [5, 5.41) is 8.94. The van der Waals surface area contributed by atoms with E-state index in [0.29, 0.717) is 21.3 Å². The quantitative estimate of drug-likeness (QED) is 0.0323. The van der Waals surface area contributed by atoms with E-state index in [4.69, 9.17) is 25.2 Å². The van der Waals surface area contributed by atoms with Crippen LogP contribution in [-0.2, 0) is 74.4 Å². The lowest BCUT2D eigenvalue weighted by Crippen LogP contribution is -2.36. The number of fused-ring (bicyclic) bond motifs is 4. The highest BCUT2D eigenvalue weighted by molar-refractivity contribution is 7.92. The lowest BCUT2D eigenvalue weighted by Gasteiger charge is -2.32. The molecule has 79 heavy (non-hydrogen) atoms. The van der Waals surface area contributed by atoms with Crippen LogP contribution in [0.4, 0.5) is 49.7 Å². The minimum absolute atomic E-state index is 0.177. The normalized spacial score (nSPS) is 17.2. The number of alkyl halides is 8. The van der Waals surface area contributed by atoms with Gasteiger partial charge >= 0.3 is 20.2 Å². The van der Waals surface area contributed by atoms with E-state index in [1.54, 1.807) is 0 Å². The van der Waals surface area contributed by atoms with Crippen LogP contribution < -0.4 is 9.62 Å². The first kappa shape index (κ1) is 61.1. The van der Waals surface area contributed by atoms with Gasteiger partial charge in [0.1, 0.15) is 47.6 Å². The summed E-state index contributed by atoms with van der Waals surface area (Å²) in [5.41, 5.74) is -8.54. The average Bonchev–Trinajstić information content (AvgIpc) is 4.09. The van der Waals surface area contributed by atoms with E-state index in [2.05, 4.69) is 32.3 Å². The third-order valence-corrected chi connectivity index (χ3v) is 17.4. The van der Waals surface area contributed by atoms with Gasteiger partial charge < -0.3 is 5.32 Å². The van der Waals surface area contributed by atoms with E-state index in [1.165, 1.54) is 61.5 Å². The molecule has 0 fully saturated rings. The number of carbonyl (C=O) groups is 1. The fraction of sp³-hybridized carbons (Fsp3) is 0.469. The predicted molar refractivity (Wildman–Crippen MR) is 270 cm³/mol. The number of anilines is 1. The van der Waals surface area contributed by atoms with Gasteiger partial charge in [-0.15, -0.1) is 0 Å². The van der Waals surface area contributed by atoms with Gasteiger partial charge in [-0.05, 0) is 104 Å². The second-order valence-electron chi connectivity index (χ2n) is 21.2. The molecule has 430 valence electrons. The van der Waals surface area contributed by atoms with Gasteiger partial charge in [0.2, 0.25) is 15.9 Å². The second-order valence-corrected chi connectivity index (χ2v) is 27.6. The van der Waals surface area contributed by atoms with Crippen molar-refractivity contribution in [1.82, 2.24) is 29.9 Å². The number of phosphoric ester groups is 1. The van der Waals surface area contributed by atoms with Gasteiger partial charge in [-0.3, -0.25) is 27.7 Å². The molecule has 0 radical (unpaired) electrons. The largest absolute Gasteiger partial charge is 0.477 e. The van der Waals surface area contributed by atoms with Gasteiger partial charge in [-0.2, -0.15) is 45.3 Å². The predicted octanol–water partition coefficient (Wildman–Crippen LogP) is 10.9. The number of nitrogens with zero attached hydrogens (tertiary/aromatic N) is 6. The summed E-state index contributed by atoms with van der Waals surface area (Å²) in [7, 11) is -13.4. The Hall–Kier alpha value is -5.56. The Kier molecular flexibility index (Phi) is 16.0. The fourth-order valence-corrected chi connectivity index (χ4v) is 11.6. The van der Waals surface area contributed by atoms with Crippen molar-refractivity contribution in [3.63, 3.8) is 0 Å². The summed E-state index contributed by atoms with van der Waals surface area (Å²) in [6.07, 6.45) is -7.50. The number of allylic oxidation sites excluding steroid dienone is 2. The number of hydrogen-bond donors (Lipinski definition) is 1. The van der Waals surface area contributed by atoms with Crippen molar-refractivity contribution in [2.24, 2.45) is 5.92 Å². The van der Waals surface area contributed by atoms with Crippen LogP contribution in [0.2, 0.25) is 5.02 Å². The van der Waals surface area contributed by atoms with Gasteiger partial charge in [0.25, 0.3) is 5.92 Å². The zero-order chi connectivity index (χ0) is 59.2. The minimum atomic E-state index is -5.27. The van der Waals surface area contributed by atoms with Gasteiger partial charge in [0, 0.05) is 34.9 Å². The molecule has 5 aromatic rings. The van der Waals surface area contributed by atoms with E-state index in [1.807, 2.05) is 0 Å². The number of rotatable bonds is 16. The average molecular weight is 1200 g/mol. The molecule has 0 saturated carbocycles. The molecule has 0 spiro atoms. The molecule has 3 heterocycles. The SMILES string of the molecule is CC(C)(C)OP(=O)(OCN(c1nn(CC(F)(F)F)c2c(-c3ccc(C#CC(C)(C)S(C)(=O)=O)nc3[C@H](Cc3cc(F)cc(F)c3)NC(=O)Cn3nc(C(F)(F)F)c4c3C(F)(F)[C@@H]3C=C[C@H]43)ccc(Cl)c12)S(C)(=O)=O)OC(C)(C)C. The third-order valence-electron chi connectivity index (χ3n) is 12.1. The first-order valence-corrected chi connectivity index (χ1v) is 29.1. The maximum absolute atomic E-state index is 15.9. The Labute approximate surface area is 452 Å². The second kappa shape index (κ2) is 20.8. The number of aromatic nitrogens is 5. The summed E-state index contributed by atoms with van der Waals surface area (Å²) in [6, 6.07) is 4.84. The Balaban J connectivity index is 1.48. The van der Waals surface area contributed by atoms with Crippen molar-refractivity contribution in [1.29, 1.82) is 0 Å². The van der Waals surface area contributed by atoms with Crippen molar-refractivity contribution in [2.75, 3.05) is 23.5 Å². The molecule has 0 bridgehead atoms. The maximum atomic E-state index is 15.9.